The first kappa shape index (κ1) is 26.1. The second kappa shape index (κ2) is 11.5. The van der Waals surface area contributed by atoms with Crippen LogP contribution in [0.2, 0.25) is 0 Å². The number of para-hydroxylation sites is 1. The number of amides is 2. The number of morpholine rings is 1. The van der Waals surface area contributed by atoms with Gasteiger partial charge in [0.05, 0.1) is 32.1 Å². The predicted octanol–water partition coefficient (Wildman–Crippen LogP) is 4.23. The van der Waals surface area contributed by atoms with Crippen LogP contribution in [0.15, 0.2) is 72.8 Å². The van der Waals surface area contributed by atoms with E-state index in [2.05, 4.69) is 21.3 Å². The number of hydrogen-bond acceptors (Lipinski definition) is 5. The third-order valence-corrected chi connectivity index (χ3v) is 7.83. The number of fused-ring (bicyclic) bond motifs is 2. The van der Waals surface area contributed by atoms with Crippen LogP contribution in [-0.4, -0.2) is 79.6 Å². The highest BCUT2D eigenvalue weighted by molar-refractivity contribution is 6.03. The number of H-pyrrole nitrogens is 1. The van der Waals surface area contributed by atoms with Gasteiger partial charge in [-0.25, -0.2) is 0 Å². The van der Waals surface area contributed by atoms with Gasteiger partial charge < -0.3 is 24.7 Å². The lowest BCUT2D eigenvalue weighted by Gasteiger charge is -2.27. The Morgan fingerprint density at radius 2 is 1.85 bits per heavy atom. The Bertz CT molecular complexity index is 1520. The molecule has 6 rings (SSSR count). The molecule has 2 aliphatic heterocycles. The van der Waals surface area contributed by atoms with Crippen LogP contribution in [0.3, 0.4) is 0 Å². The number of ether oxygens (including phenoxy) is 2. The third-order valence-electron chi connectivity index (χ3n) is 7.83. The summed E-state index contributed by atoms with van der Waals surface area (Å²) in [7, 11) is 1.65. The molecule has 1 fully saturated rings. The molecular formula is C32H34N4O4. The summed E-state index contributed by atoms with van der Waals surface area (Å²) in [5.41, 5.74) is 5.35. The van der Waals surface area contributed by atoms with Crippen molar-refractivity contribution >= 4 is 22.7 Å². The summed E-state index contributed by atoms with van der Waals surface area (Å²) in [6.45, 7) is 4.84. The molecule has 206 valence electrons. The number of hydrogen-bond donors (Lipinski definition) is 2. The SMILES string of the molecule is COc1cccc(-c2[nH]c3ccccc3c2C2c3ccccc3C(=O)N2CC(=O)NCCCN2CCOCC2)c1. The molecular weight excluding hydrogens is 504 g/mol. The van der Waals surface area contributed by atoms with Gasteiger partial charge in [-0.15, -0.1) is 0 Å². The van der Waals surface area contributed by atoms with E-state index in [1.165, 1.54) is 0 Å². The second-order valence-corrected chi connectivity index (χ2v) is 10.3. The van der Waals surface area contributed by atoms with Crippen LogP contribution in [0.25, 0.3) is 22.2 Å². The molecule has 8 heteroatoms. The van der Waals surface area contributed by atoms with Crippen molar-refractivity contribution in [3.05, 3.63) is 89.5 Å². The topological polar surface area (TPSA) is 86.9 Å². The number of benzene rings is 3. The van der Waals surface area contributed by atoms with E-state index in [0.29, 0.717) is 12.1 Å². The number of carbonyl (C=O) groups is 2. The molecule has 0 aliphatic carbocycles. The first-order chi connectivity index (χ1) is 19.6. The number of nitrogens with one attached hydrogen (secondary N) is 2. The zero-order valence-corrected chi connectivity index (χ0v) is 22.7. The quantitative estimate of drug-likeness (QED) is 0.312. The van der Waals surface area contributed by atoms with Crippen molar-refractivity contribution in [2.45, 2.75) is 12.5 Å². The van der Waals surface area contributed by atoms with Crippen molar-refractivity contribution in [3.63, 3.8) is 0 Å². The Kier molecular flexibility index (Phi) is 7.53. The van der Waals surface area contributed by atoms with E-state index in [4.69, 9.17) is 9.47 Å². The molecule has 2 amide bonds. The molecule has 0 radical (unpaired) electrons. The molecule has 40 heavy (non-hydrogen) atoms. The summed E-state index contributed by atoms with van der Waals surface area (Å²) >= 11 is 0. The monoisotopic (exact) mass is 538 g/mol. The van der Waals surface area contributed by atoms with Crippen LogP contribution >= 0.6 is 0 Å². The first-order valence-electron chi connectivity index (χ1n) is 13.9. The van der Waals surface area contributed by atoms with Gasteiger partial charge in [-0.2, -0.15) is 0 Å². The maximum atomic E-state index is 13.8. The molecule has 3 aromatic carbocycles. The molecule has 1 atom stereocenters. The second-order valence-electron chi connectivity index (χ2n) is 10.3. The van der Waals surface area contributed by atoms with Gasteiger partial charge in [0, 0.05) is 47.2 Å². The standard InChI is InChI=1S/C32H34N4O4/c1-39-23-9-6-8-22(20-23)30-29(26-12-4-5-13-27(26)34-30)31-24-10-2-3-11-25(24)32(38)36(31)21-28(37)33-14-7-15-35-16-18-40-19-17-35/h2-6,8-13,20,31,34H,7,14-19,21H2,1H3,(H,33,37). The smallest absolute Gasteiger partial charge is 0.255 e. The largest absolute Gasteiger partial charge is 0.497 e. The molecule has 0 spiro atoms. The number of nitrogens with zero attached hydrogens (tertiary/aromatic N) is 2. The number of rotatable bonds is 9. The number of methoxy groups -OCH3 is 1. The minimum Gasteiger partial charge on any atom is -0.497 e. The summed E-state index contributed by atoms with van der Waals surface area (Å²) in [5, 5.41) is 4.06. The van der Waals surface area contributed by atoms with Crippen molar-refractivity contribution in [2.75, 3.05) is 53.0 Å². The molecule has 1 saturated heterocycles. The van der Waals surface area contributed by atoms with E-state index in [-0.39, 0.29) is 18.4 Å². The lowest BCUT2D eigenvalue weighted by atomic mass is 9.93. The van der Waals surface area contributed by atoms with Crippen LogP contribution in [-0.2, 0) is 9.53 Å². The molecule has 0 saturated carbocycles. The van der Waals surface area contributed by atoms with Crippen LogP contribution in [0.1, 0.15) is 33.9 Å². The van der Waals surface area contributed by atoms with Gasteiger partial charge in [0.25, 0.3) is 5.91 Å². The summed E-state index contributed by atoms with van der Waals surface area (Å²) in [5.74, 6) is 0.458. The highest BCUT2D eigenvalue weighted by atomic mass is 16.5. The Morgan fingerprint density at radius 1 is 1.05 bits per heavy atom. The van der Waals surface area contributed by atoms with Crippen molar-refractivity contribution < 1.29 is 19.1 Å². The van der Waals surface area contributed by atoms with Crippen LogP contribution < -0.4 is 10.1 Å². The predicted molar refractivity (Wildman–Crippen MR) is 154 cm³/mol. The van der Waals surface area contributed by atoms with E-state index in [1.807, 2.05) is 66.7 Å². The summed E-state index contributed by atoms with van der Waals surface area (Å²) < 4.78 is 10.9. The van der Waals surface area contributed by atoms with Gasteiger partial charge in [0.2, 0.25) is 5.91 Å². The number of carbonyl (C=O) groups excluding carboxylic acids is 2. The maximum absolute atomic E-state index is 13.8. The van der Waals surface area contributed by atoms with Gasteiger partial charge in [-0.1, -0.05) is 48.5 Å². The lowest BCUT2D eigenvalue weighted by molar-refractivity contribution is -0.122. The number of aromatic amines is 1. The van der Waals surface area contributed by atoms with Gasteiger partial charge >= 0.3 is 0 Å². The normalized spacial score (nSPS) is 17.3. The van der Waals surface area contributed by atoms with Crippen LogP contribution in [0, 0.1) is 0 Å². The summed E-state index contributed by atoms with van der Waals surface area (Å²) in [6, 6.07) is 23.3. The number of aromatic nitrogens is 1. The molecule has 1 aromatic heterocycles. The molecule has 1 unspecified atom stereocenters. The van der Waals surface area contributed by atoms with Crippen molar-refractivity contribution in [3.8, 4) is 17.0 Å². The highest BCUT2D eigenvalue weighted by Crippen LogP contribution is 2.45. The molecule has 3 heterocycles. The Labute approximate surface area is 233 Å². The van der Waals surface area contributed by atoms with E-state index in [9.17, 15) is 9.59 Å². The summed E-state index contributed by atoms with van der Waals surface area (Å²) in [4.78, 5) is 34.6. The van der Waals surface area contributed by atoms with Gasteiger partial charge in [0.15, 0.2) is 0 Å². The van der Waals surface area contributed by atoms with Gasteiger partial charge in [0.1, 0.15) is 12.3 Å². The van der Waals surface area contributed by atoms with Crippen molar-refractivity contribution in [2.24, 2.45) is 0 Å². The van der Waals surface area contributed by atoms with Gasteiger partial charge in [-0.05, 0) is 42.8 Å². The zero-order chi connectivity index (χ0) is 27.5. The van der Waals surface area contributed by atoms with Crippen molar-refractivity contribution in [1.29, 1.82) is 0 Å². The zero-order valence-electron chi connectivity index (χ0n) is 22.7. The fourth-order valence-corrected chi connectivity index (χ4v) is 5.86. The molecule has 2 aliphatic rings. The average Bonchev–Trinajstić information content (AvgIpc) is 3.51. The van der Waals surface area contributed by atoms with E-state index < -0.39 is 6.04 Å². The van der Waals surface area contributed by atoms with Crippen LogP contribution in [0.4, 0.5) is 0 Å². The molecule has 4 aromatic rings. The van der Waals surface area contributed by atoms with E-state index >= 15 is 0 Å². The van der Waals surface area contributed by atoms with Crippen LogP contribution in [0.5, 0.6) is 5.75 Å². The summed E-state index contributed by atoms with van der Waals surface area (Å²) in [6.07, 6.45) is 0.853. The molecule has 0 bridgehead atoms. The average molecular weight is 539 g/mol. The maximum Gasteiger partial charge on any atom is 0.255 e. The van der Waals surface area contributed by atoms with E-state index in [0.717, 1.165) is 78.3 Å². The van der Waals surface area contributed by atoms with Crippen molar-refractivity contribution in [1.82, 2.24) is 20.1 Å². The molecule has 8 nitrogen and oxygen atoms in total. The van der Waals surface area contributed by atoms with E-state index in [1.54, 1.807) is 12.0 Å². The minimum atomic E-state index is -0.417. The van der Waals surface area contributed by atoms with Gasteiger partial charge in [-0.3, -0.25) is 14.5 Å². The third kappa shape index (κ3) is 5.08. The minimum absolute atomic E-state index is 0.0210. The Balaban J connectivity index is 1.31. The Hall–Kier alpha value is -4.14. The molecule has 2 N–H and O–H groups in total. The fourth-order valence-electron chi connectivity index (χ4n) is 5.86. The Morgan fingerprint density at radius 3 is 2.70 bits per heavy atom. The first-order valence-corrected chi connectivity index (χ1v) is 13.9. The fraction of sp³-hybridized carbons (Fsp3) is 0.312. The highest BCUT2D eigenvalue weighted by Gasteiger charge is 2.41. The lowest BCUT2D eigenvalue weighted by Crippen LogP contribution is -2.41.